The number of carboxylic acids is 1. The van der Waals surface area contributed by atoms with Crippen LogP contribution in [0.25, 0.3) is 0 Å². The summed E-state index contributed by atoms with van der Waals surface area (Å²) in [7, 11) is 0. The van der Waals surface area contributed by atoms with E-state index in [-0.39, 0.29) is 10.6 Å². The molecule has 0 bridgehead atoms. The van der Waals surface area contributed by atoms with E-state index in [0.29, 0.717) is 26.2 Å². The van der Waals surface area contributed by atoms with Gasteiger partial charge in [0.1, 0.15) is 5.75 Å². The van der Waals surface area contributed by atoms with Crippen molar-refractivity contribution in [2.24, 2.45) is 5.41 Å². The van der Waals surface area contributed by atoms with Crippen LogP contribution in [-0.2, 0) is 9.59 Å². The summed E-state index contributed by atoms with van der Waals surface area (Å²) in [5, 5.41) is 12.4. The second-order valence-electron chi connectivity index (χ2n) is 5.71. The van der Waals surface area contributed by atoms with Gasteiger partial charge in [-0.3, -0.25) is 9.59 Å². The average Bonchev–Trinajstić information content (AvgIpc) is 2.88. The first-order valence-electron chi connectivity index (χ1n) is 6.98. The quantitative estimate of drug-likeness (QED) is 0.622. The second-order valence-corrected chi connectivity index (χ2v) is 8.14. The molecule has 124 valence electrons. The Balaban J connectivity index is 2.01. The number of nitrogens with one attached hydrogen (secondary N) is 1. The van der Waals surface area contributed by atoms with Gasteiger partial charge in [0.2, 0.25) is 0 Å². The molecule has 0 amide bonds. The Morgan fingerprint density at radius 3 is 3.00 bits per heavy atom. The lowest BCUT2D eigenvalue weighted by atomic mass is 9.68. The number of aromatic amines is 1. The summed E-state index contributed by atoms with van der Waals surface area (Å²) in [5.41, 5.74) is -0.709. The molecule has 3 heterocycles. The van der Waals surface area contributed by atoms with Crippen LogP contribution in [0.2, 0.25) is 5.02 Å². The molecule has 1 aromatic carbocycles. The smallest absolute Gasteiger partial charge is 0.319 e. The summed E-state index contributed by atoms with van der Waals surface area (Å²) in [6.07, 6.45) is -0.485. The van der Waals surface area contributed by atoms with E-state index in [9.17, 15) is 19.5 Å². The molecule has 0 spiro atoms. The van der Waals surface area contributed by atoms with Crippen LogP contribution in [0.3, 0.4) is 0 Å². The van der Waals surface area contributed by atoms with Crippen LogP contribution in [0.5, 0.6) is 5.75 Å². The molecule has 0 saturated heterocycles. The molecule has 2 aromatic rings. The van der Waals surface area contributed by atoms with Crippen LogP contribution in [-0.4, -0.2) is 22.7 Å². The number of hydrogen-bond acceptors (Lipinski definition) is 7. The number of hydrogen-bond donors (Lipinski definition) is 1. The fraction of sp³-hybridized carbons (Fsp3) is 0.267. The highest BCUT2D eigenvalue weighted by Crippen LogP contribution is 2.58. The summed E-state index contributed by atoms with van der Waals surface area (Å²) in [6, 6.07) is 4.83. The van der Waals surface area contributed by atoms with Crippen molar-refractivity contribution in [2.45, 2.75) is 17.4 Å². The molecule has 0 radical (unpaired) electrons. The van der Waals surface area contributed by atoms with Crippen LogP contribution in [0.4, 0.5) is 0 Å². The molecule has 0 unspecified atom stereocenters. The van der Waals surface area contributed by atoms with Gasteiger partial charge in [-0.15, -0.1) is 11.8 Å². The van der Waals surface area contributed by atoms with Crippen LogP contribution >= 0.6 is 34.7 Å². The topological polar surface area (TPSA) is 99.3 Å². The first kappa shape index (κ1) is 15.7. The first-order valence-corrected chi connectivity index (χ1v) is 9.16. The molecule has 0 aliphatic carbocycles. The Bertz CT molecular complexity index is 936. The molecule has 2 aliphatic rings. The summed E-state index contributed by atoms with van der Waals surface area (Å²) in [4.78, 5) is 39.0. The van der Waals surface area contributed by atoms with Crippen molar-refractivity contribution in [3.8, 4) is 5.75 Å². The minimum atomic E-state index is -1.34. The molecule has 0 fully saturated rings. The molecule has 1 N–H and O–H groups in total. The summed E-state index contributed by atoms with van der Waals surface area (Å²) in [5.74, 6) is -2.05. The SMILES string of the molecule is O=C([O-])C[C@@]12CSc3[nH]c(=O)sc3[C@H]1c1cc(Cl)ccc1OC2=O. The molecule has 4 rings (SSSR count). The van der Waals surface area contributed by atoms with E-state index < -0.39 is 29.7 Å². The third-order valence-corrected chi connectivity index (χ3v) is 6.86. The number of fused-ring (bicyclic) bond motifs is 5. The van der Waals surface area contributed by atoms with Crippen molar-refractivity contribution in [3.05, 3.63) is 43.3 Å². The van der Waals surface area contributed by atoms with Gasteiger partial charge < -0.3 is 19.6 Å². The van der Waals surface area contributed by atoms with E-state index in [1.807, 2.05) is 0 Å². The summed E-state index contributed by atoms with van der Waals surface area (Å²) >= 11 is 8.31. The normalized spacial score (nSPS) is 24.5. The number of ether oxygens (including phenoxy) is 1. The number of thiazole rings is 1. The fourth-order valence-corrected chi connectivity index (χ4v) is 6.02. The zero-order chi connectivity index (χ0) is 17.1. The number of rotatable bonds is 2. The third-order valence-electron chi connectivity index (χ3n) is 4.28. The Kier molecular flexibility index (Phi) is 3.52. The maximum atomic E-state index is 12.7. The minimum absolute atomic E-state index is 0.177. The van der Waals surface area contributed by atoms with Crippen molar-refractivity contribution in [1.82, 2.24) is 4.98 Å². The predicted octanol–water partition coefficient (Wildman–Crippen LogP) is 1.37. The highest BCUT2D eigenvalue weighted by molar-refractivity contribution is 7.99. The minimum Gasteiger partial charge on any atom is -0.550 e. The number of thioether (sulfide) groups is 1. The monoisotopic (exact) mass is 382 g/mol. The van der Waals surface area contributed by atoms with Crippen LogP contribution in [0.15, 0.2) is 28.0 Å². The van der Waals surface area contributed by atoms with E-state index in [1.165, 1.54) is 11.8 Å². The maximum Gasteiger partial charge on any atom is 0.319 e. The number of halogens is 1. The molecular weight excluding hydrogens is 374 g/mol. The number of benzene rings is 1. The summed E-state index contributed by atoms with van der Waals surface area (Å²) < 4.78 is 5.40. The number of carboxylic acid groups (broad SMARTS) is 1. The van der Waals surface area contributed by atoms with Gasteiger partial charge in [-0.1, -0.05) is 22.9 Å². The Labute approximate surface area is 148 Å². The Hall–Kier alpha value is -1.77. The van der Waals surface area contributed by atoms with E-state index in [1.54, 1.807) is 18.2 Å². The number of carbonyl (C=O) groups is 2. The maximum absolute atomic E-state index is 12.7. The number of H-pyrrole nitrogens is 1. The zero-order valence-corrected chi connectivity index (χ0v) is 14.3. The van der Waals surface area contributed by atoms with Crippen molar-refractivity contribution in [2.75, 3.05) is 5.75 Å². The van der Waals surface area contributed by atoms with Crippen molar-refractivity contribution < 1.29 is 19.4 Å². The lowest BCUT2D eigenvalue weighted by Crippen LogP contribution is -2.50. The van der Waals surface area contributed by atoms with Gasteiger partial charge in [0.05, 0.1) is 10.4 Å². The highest BCUT2D eigenvalue weighted by Gasteiger charge is 2.56. The largest absolute Gasteiger partial charge is 0.550 e. The fourth-order valence-electron chi connectivity index (χ4n) is 3.30. The number of carbonyl (C=O) groups excluding carboxylic acids is 2. The van der Waals surface area contributed by atoms with Gasteiger partial charge in [0, 0.05) is 39.5 Å². The van der Waals surface area contributed by atoms with Crippen LogP contribution in [0.1, 0.15) is 22.8 Å². The van der Waals surface area contributed by atoms with E-state index in [0.717, 1.165) is 11.3 Å². The van der Waals surface area contributed by atoms with Crippen molar-refractivity contribution >= 4 is 46.6 Å². The van der Waals surface area contributed by atoms with Gasteiger partial charge in [0.15, 0.2) is 0 Å². The van der Waals surface area contributed by atoms with Crippen molar-refractivity contribution in [1.29, 1.82) is 0 Å². The summed E-state index contributed by atoms with van der Waals surface area (Å²) in [6.45, 7) is 0. The molecule has 2 aliphatic heterocycles. The lowest BCUT2D eigenvalue weighted by molar-refractivity contribution is -0.308. The van der Waals surface area contributed by atoms with Crippen LogP contribution in [0, 0.1) is 5.41 Å². The van der Waals surface area contributed by atoms with Gasteiger partial charge in [0.25, 0.3) is 0 Å². The van der Waals surface area contributed by atoms with Gasteiger partial charge in [-0.25, -0.2) is 0 Å². The molecular formula is C15H9ClNO5S2-. The van der Waals surface area contributed by atoms with E-state index in [4.69, 9.17) is 16.3 Å². The Morgan fingerprint density at radius 1 is 1.46 bits per heavy atom. The molecule has 2 atom stereocenters. The third kappa shape index (κ3) is 2.21. The zero-order valence-electron chi connectivity index (χ0n) is 12.0. The predicted molar refractivity (Wildman–Crippen MR) is 86.7 cm³/mol. The molecule has 6 nitrogen and oxygen atoms in total. The number of aliphatic carboxylic acids is 1. The van der Waals surface area contributed by atoms with Crippen LogP contribution < -0.4 is 14.7 Å². The van der Waals surface area contributed by atoms with Gasteiger partial charge in [-0.2, -0.15) is 0 Å². The number of aromatic nitrogens is 1. The van der Waals surface area contributed by atoms with Gasteiger partial charge in [-0.05, 0) is 18.2 Å². The molecule has 0 saturated carbocycles. The lowest BCUT2D eigenvalue weighted by Gasteiger charge is -2.44. The van der Waals surface area contributed by atoms with Gasteiger partial charge >= 0.3 is 10.8 Å². The molecule has 24 heavy (non-hydrogen) atoms. The average molecular weight is 383 g/mol. The first-order chi connectivity index (χ1) is 11.4. The van der Waals surface area contributed by atoms with E-state index >= 15 is 0 Å². The Morgan fingerprint density at radius 2 is 2.25 bits per heavy atom. The van der Waals surface area contributed by atoms with Crippen molar-refractivity contribution in [3.63, 3.8) is 0 Å². The standard InChI is InChI=1S/C15H10ClNO5S2/c16-6-1-2-8-7(3-6)10-11-12(17-14(21)24-11)23-5-15(10,4-9(18)19)13(20)22-8/h1-3,10H,4-5H2,(H,17,21)(H,18,19)/p-1/t10-,15-/m1/s1. The van der Waals surface area contributed by atoms with E-state index in [2.05, 4.69) is 4.98 Å². The molecule has 9 heteroatoms. The second kappa shape index (κ2) is 5.37. The molecule has 1 aromatic heterocycles. The highest BCUT2D eigenvalue weighted by atomic mass is 35.5. The number of esters is 1.